The number of hydrogen-bond acceptors (Lipinski definition) is 14. The van der Waals surface area contributed by atoms with Crippen LogP contribution >= 0.6 is 0 Å². The maximum Gasteiger partial charge on any atom is 0.334 e. The highest BCUT2D eigenvalue weighted by Gasteiger charge is 2.67. The Morgan fingerprint density at radius 1 is 0.952 bits per heavy atom. The zero-order valence-electron chi connectivity index (χ0n) is 38.0. The SMILES string of the molecule is CC=C(CCNC)C(=O)OC1CC2C(O)C3C(=O)CC(CO)OC3C3C2OC1(C)C(CC1CCC(NCC)NC1)CC1CCC2CCC(O)CC2C(CO)C3C2CCNC(N)C12. The number of allylic oxidation sites excluding steroid dienone is 1. The van der Waals surface area contributed by atoms with Gasteiger partial charge >= 0.3 is 5.97 Å². The van der Waals surface area contributed by atoms with Gasteiger partial charge in [0, 0.05) is 30.4 Å². The first-order valence-corrected chi connectivity index (χ1v) is 24.8. The van der Waals surface area contributed by atoms with Crippen LogP contribution in [0.2, 0.25) is 0 Å². The van der Waals surface area contributed by atoms with E-state index in [4.69, 9.17) is 19.9 Å². The molecule has 0 aromatic rings. The minimum atomic E-state index is -1.12. The minimum Gasteiger partial charge on any atom is -0.456 e. The summed E-state index contributed by atoms with van der Waals surface area (Å²) in [5.74, 6) is -1.87. The van der Waals surface area contributed by atoms with Crippen molar-refractivity contribution in [3.63, 3.8) is 0 Å². The van der Waals surface area contributed by atoms with E-state index in [1.54, 1.807) is 0 Å². The highest BCUT2D eigenvalue weighted by atomic mass is 16.6. The lowest BCUT2D eigenvalue weighted by Gasteiger charge is -2.63. The molecular weight excluding hydrogens is 791 g/mol. The van der Waals surface area contributed by atoms with Crippen LogP contribution in [-0.4, -0.2) is 133 Å². The third kappa shape index (κ3) is 8.99. The molecule has 5 saturated heterocycles. The maximum atomic E-state index is 14.4. The summed E-state index contributed by atoms with van der Waals surface area (Å²) < 4.78 is 21.6. The third-order valence-corrected chi connectivity index (χ3v) is 18.1. The van der Waals surface area contributed by atoms with Gasteiger partial charge in [0.15, 0.2) is 0 Å². The Morgan fingerprint density at radius 2 is 1.74 bits per heavy atom. The molecule has 21 atom stereocenters. The molecule has 14 heteroatoms. The summed E-state index contributed by atoms with van der Waals surface area (Å²) in [7, 11) is 1.87. The van der Waals surface area contributed by atoms with Gasteiger partial charge in [-0.05, 0) is 177 Å². The molecule has 3 saturated carbocycles. The number of ether oxygens (including phenoxy) is 3. The van der Waals surface area contributed by atoms with Crippen LogP contribution < -0.4 is 27.0 Å². The lowest BCUT2D eigenvalue weighted by Crippen LogP contribution is -2.72. The number of nitrogens with one attached hydrogen (secondary N) is 4. The van der Waals surface area contributed by atoms with E-state index in [9.17, 15) is 30.0 Å². The largest absolute Gasteiger partial charge is 0.456 e. The molecule has 14 nitrogen and oxygen atoms in total. The topological polar surface area (TPSA) is 217 Å². The molecule has 8 fully saturated rings. The molecule has 0 spiro atoms. The summed E-state index contributed by atoms with van der Waals surface area (Å²) in [6.45, 7) is 8.87. The Hall–Kier alpha value is -1.56. The number of hydrogen-bond donors (Lipinski definition) is 9. The molecule has 10 N–H and O–H groups in total. The monoisotopic (exact) mass is 872 g/mol. The van der Waals surface area contributed by atoms with Gasteiger partial charge in [-0.15, -0.1) is 0 Å². The molecule has 21 unspecified atom stereocenters. The zero-order valence-corrected chi connectivity index (χ0v) is 38.0. The molecule has 5 heterocycles. The van der Waals surface area contributed by atoms with E-state index in [1.165, 1.54) is 0 Å². The van der Waals surface area contributed by atoms with Crippen LogP contribution in [0, 0.1) is 71.0 Å². The van der Waals surface area contributed by atoms with Gasteiger partial charge in [-0.1, -0.05) is 13.0 Å². The van der Waals surface area contributed by atoms with Crippen LogP contribution in [-0.2, 0) is 23.8 Å². The molecule has 0 aromatic heterocycles. The van der Waals surface area contributed by atoms with Crippen molar-refractivity contribution in [2.24, 2.45) is 76.7 Å². The van der Waals surface area contributed by atoms with E-state index >= 15 is 0 Å². The predicted octanol–water partition coefficient (Wildman–Crippen LogP) is 2.21. The average molecular weight is 872 g/mol. The summed E-state index contributed by atoms with van der Waals surface area (Å²) in [5.41, 5.74) is 6.97. The Kier molecular flexibility index (Phi) is 15.2. The van der Waals surface area contributed by atoms with Gasteiger partial charge in [-0.25, -0.2) is 4.79 Å². The lowest BCUT2D eigenvalue weighted by atomic mass is 9.50. The van der Waals surface area contributed by atoms with Crippen LogP contribution in [0.5, 0.6) is 0 Å². The normalized spacial score (nSPS) is 48.4. The van der Waals surface area contributed by atoms with Crippen molar-refractivity contribution in [2.45, 2.75) is 159 Å². The first kappa shape index (κ1) is 47.0. The maximum absolute atomic E-state index is 14.4. The number of ketones is 1. The molecule has 5 aliphatic heterocycles. The molecule has 62 heavy (non-hydrogen) atoms. The number of Topliss-reactive ketones (excluding diaryl/α,β-unsaturated/α-hetero) is 1. The van der Waals surface area contributed by atoms with Crippen LogP contribution in [0.1, 0.15) is 104 Å². The lowest BCUT2D eigenvalue weighted by molar-refractivity contribution is -0.311. The number of esters is 1. The van der Waals surface area contributed by atoms with Crippen molar-refractivity contribution in [3.8, 4) is 0 Å². The number of nitrogens with two attached hydrogens (primary N) is 1. The van der Waals surface area contributed by atoms with Gasteiger partial charge in [-0.2, -0.15) is 0 Å². The number of carbonyl (C=O) groups excluding carboxylic acids is 2. The van der Waals surface area contributed by atoms with E-state index in [0.717, 1.165) is 77.4 Å². The van der Waals surface area contributed by atoms with Crippen LogP contribution in [0.25, 0.3) is 0 Å². The first-order chi connectivity index (χ1) is 29.9. The molecule has 3 aliphatic carbocycles. The smallest absolute Gasteiger partial charge is 0.334 e. The van der Waals surface area contributed by atoms with Crippen molar-refractivity contribution >= 4 is 11.8 Å². The fraction of sp³-hybridized carbons (Fsp3) is 0.917. The number of aliphatic hydroxyl groups is 4. The average Bonchev–Trinajstić information content (AvgIpc) is 3.31. The Balaban J connectivity index is 1.31. The molecular formula is C48H81N5O9. The third-order valence-electron chi connectivity index (χ3n) is 18.1. The van der Waals surface area contributed by atoms with Gasteiger partial charge in [-0.3, -0.25) is 4.79 Å². The molecule has 0 aromatic carbocycles. The van der Waals surface area contributed by atoms with Gasteiger partial charge in [0.2, 0.25) is 0 Å². The van der Waals surface area contributed by atoms with Gasteiger partial charge in [0.25, 0.3) is 0 Å². The van der Waals surface area contributed by atoms with E-state index in [-0.39, 0.29) is 85.1 Å². The second-order valence-electron chi connectivity index (χ2n) is 21.2. The van der Waals surface area contributed by atoms with Gasteiger partial charge < -0.3 is 61.6 Å². The second kappa shape index (κ2) is 20.1. The number of carbonyl (C=O) groups is 2. The Bertz CT molecular complexity index is 1560. The molecule has 352 valence electrons. The van der Waals surface area contributed by atoms with Crippen molar-refractivity contribution in [1.82, 2.24) is 21.3 Å². The van der Waals surface area contributed by atoms with Crippen LogP contribution in [0.4, 0.5) is 0 Å². The summed E-state index contributed by atoms with van der Waals surface area (Å²) in [6.07, 6.45) is 7.05. The predicted molar refractivity (Wildman–Crippen MR) is 234 cm³/mol. The van der Waals surface area contributed by atoms with Crippen LogP contribution in [0.15, 0.2) is 11.6 Å². The fourth-order valence-corrected chi connectivity index (χ4v) is 15.2. The standard InChI is InChI=1S/C48H81N5O9/c1-5-26(13-15-50-4)47(59)61-37-21-34-43(58)41-36(57)20-31(23-54)60-45(41)42-40-32-14-16-52-46(49)39(32)28(9-8-27-10-11-30(56)19-33(27)35(40)24-55)18-29(48(37,3)62-44(34)42)17-25-7-12-38(51-6-2)53-22-25/h5,25,27-35,37-46,50-56,58H,6-24,49H2,1-4H3. The van der Waals surface area contributed by atoms with Gasteiger partial charge in [0.05, 0.1) is 55.4 Å². The van der Waals surface area contributed by atoms with Crippen molar-refractivity contribution < 1.29 is 44.2 Å². The highest BCUT2D eigenvalue weighted by Crippen LogP contribution is 2.61. The van der Waals surface area contributed by atoms with E-state index in [0.29, 0.717) is 43.2 Å². The summed E-state index contributed by atoms with van der Waals surface area (Å²) in [5, 5.41) is 60.7. The molecule has 8 rings (SSSR count). The molecule has 0 amide bonds. The van der Waals surface area contributed by atoms with E-state index in [2.05, 4.69) is 35.1 Å². The number of fused-ring (bicyclic) bond motifs is 5. The Morgan fingerprint density at radius 3 is 2.45 bits per heavy atom. The fourth-order valence-electron chi connectivity index (χ4n) is 15.2. The number of aliphatic hydroxyl groups excluding tert-OH is 4. The Labute approximate surface area is 370 Å². The minimum absolute atomic E-state index is 0.00593. The zero-order chi connectivity index (χ0) is 43.9. The quantitative estimate of drug-likeness (QED) is 0.108. The van der Waals surface area contributed by atoms with Crippen molar-refractivity contribution in [3.05, 3.63) is 11.6 Å². The molecule has 8 aliphatic rings. The van der Waals surface area contributed by atoms with E-state index in [1.807, 2.05) is 20.0 Å². The summed E-state index contributed by atoms with van der Waals surface area (Å²) >= 11 is 0. The molecule has 4 bridgehead atoms. The van der Waals surface area contributed by atoms with E-state index < -0.39 is 60.0 Å². The number of piperidine rings is 2. The summed E-state index contributed by atoms with van der Waals surface area (Å²) in [4.78, 5) is 28.8. The van der Waals surface area contributed by atoms with Crippen molar-refractivity contribution in [1.29, 1.82) is 0 Å². The van der Waals surface area contributed by atoms with Crippen molar-refractivity contribution in [2.75, 3.05) is 46.4 Å². The molecule has 0 radical (unpaired) electrons. The summed E-state index contributed by atoms with van der Waals surface area (Å²) in [6, 6.07) is 0. The van der Waals surface area contributed by atoms with Gasteiger partial charge in [0.1, 0.15) is 17.5 Å². The number of rotatable bonds is 11. The van der Waals surface area contributed by atoms with Crippen LogP contribution in [0.3, 0.4) is 0 Å². The highest BCUT2D eigenvalue weighted by molar-refractivity contribution is 5.88. The first-order valence-electron chi connectivity index (χ1n) is 24.8. The second-order valence-corrected chi connectivity index (χ2v) is 21.2.